The van der Waals surface area contributed by atoms with Crippen molar-refractivity contribution >= 4 is 0 Å². The van der Waals surface area contributed by atoms with E-state index in [9.17, 15) is 0 Å². The standard InChI is InChI=1S/C9H17N2/c1-5-6-11-9(3)7-8(2)10(11)4/h7H,5-6H2,1-4H3/q+1. The Kier molecular flexibility index (Phi) is 2.32. The predicted molar refractivity (Wildman–Crippen MR) is 45.4 cm³/mol. The molecule has 0 aliphatic heterocycles. The van der Waals surface area contributed by atoms with Gasteiger partial charge in [0.15, 0.2) is 7.05 Å². The highest BCUT2D eigenvalue weighted by atomic mass is 15.4. The van der Waals surface area contributed by atoms with Crippen LogP contribution in [0.15, 0.2) is 6.07 Å². The second-order valence-corrected chi connectivity index (χ2v) is 3.07. The molecule has 0 radical (unpaired) electrons. The lowest BCUT2D eigenvalue weighted by Gasteiger charge is -1.99. The average Bonchev–Trinajstić information content (AvgIpc) is 2.17. The van der Waals surface area contributed by atoms with E-state index in [1.165, 1.54) is 17.8 Å². The summed E-state index contributed by atoms with van der Waals surface area (Å²) in [4.78, 5) is 0. The van der Waals surface area contributed by atoms with Crippen molar-refractivity contribution in [2.24, 2.45) is 7.05 Å². The molecule has 1 aromatic rings. The number of aryl methyl sites for hydroxylation is 2. The molecule has 2 nitrogen and oxygen atoms in total. The molecule has 0 bridgehead atoms. The van der Waals surface area contributed by atoms with Gasteiger partial charge < -0.3 is 0 Å². The van der Waals surface area contributed by atoms with Crippen molar-refractivity contribution < 1.29 is 4.68 Å². The van der Waals surface area contributed by atoms with Gasteiger partial charge in [-0.3, -0.25) is 0 Å². The van der Waals surface area contributed by atoms with E-state index >= 15 is 0 Å². The highest BCUT2D eigenvalue weighted by molar-refractivity contribution is 5.01. The summed E-state index contributed by atoms with van der Waals surface area (Å²) < 4.78 is 4.51. The Bertz CT molecular complexity index is 248. The minimum Gasteiger partial charge on any atom is -0.158 e. The van der Waals surface area contributed by atoms with Gasteiger partial charge in [0, 0.05) is 13.0 Å². The van der Waals surface area contributed by atoms with Crippen molar-refractivity contribution in [2.45, 2.75) is 33.7 Å². The van der Waals surface area contributed by atoms with Crippen molar-refractivity contribution in [2.75, 3.05) is 0 Å². The lowest BCUT2D eigenvalue weighted by atomic mass is 10.4. The van der Waals surface area contributed by atoms with Crippen LogP contribution in [0, 0.1) is 13.8 Å². The van der Waals surface area contributed by atoms with Gasteiger partial charge in [0.1, 0.15) is 0 Å². The van der Waals surface area contributed by atoms with Gasteiger partial charge in [-0.05, 0) is 13.3 Å². The van der Waals surface area contributed by atoms with Crippen molar-refractivity contribution in [1.82, 2.24) is 4.68 Å². The molecule has 0 amide bonds. The van der Waals surface area contributed by atoms with E-state index in [4.69, 9.17) is 0 Å². The maximum Gasteiger partial charge on any atom is 0.204 e. The summed E-state index contributed by atoms with van der Waals surface area (Å²) in [6.45, 7) is 7.62. The molecule has 0 aliphatic rings. The maximum atomic E-state index is 2.30. The van der Waals surface area contributed by atoms with E-state index in [1.807, 2.05) is 0 Å². The van der Waals surface area contributed by atoms with Crippen molar-refractivity contribution in [3.63, 3.8) is 0 Å². The Morgan fingerprint density at radius 3 is 2.45 bits per heavy atom. The molecule has 11 heavy (non-hydrogen) atoms. The highest BCUT2D eigenvalue weighted by Crippen LogP contribution is 1.99. The van der Waals surface area contributed by atoms with E-state index in [0.717, 1.165) is 6.54 Å². The molecule has 0 unspecified atom stereocenters. The van der Waals surface area contributed by atoms with Gasteiger partial charge in [0.05, 0.1) is 12.2 Å². The van der Waals surface area contributed by atoms with Gasteiger partial charge >= 0.3 is 0 Å². The molecule has 0 aromatic carbocycles. The quantitative estimate of drug-likeness (QED) is 0.567. The SMILES string of the molecule is CCCn1c(C)cc(C)[n+]1C. The molecule has 0 spiro atoms. The Hall–Kier alpha value is -0.790. The number of rotatable bonds is 2. The number of nitrogens with zero attached hydrogens (tertiary/aromatic N) is 2. The Morgan fingerprint density at radius 1 is 1.45 bits per heavy atom. The molecule has 1 aromatic heterocycles. The Labute approximate surface area is 68.4 Å². The van der Waals surface area contributed by atoms with Crippen LogP contribution in [-0.4, -0.2) is 4.68 Å². The third-order valence-electron chi connectivity index (χ3n) is 2.13. The summed E-state index contributed by atoms with van der Waals surface area (Å²) in [5, 5.41) is 0. The van der Waals surface area contributed by atoms with E-state index in [1.54, 1.807) is 0 Å². The van der Waals surface area contributed by atoms with Crippen LogP contribution >= 0.6 is 0 Å². The molecule has 1 heterocycles. The molecule has 0 saturated heterocycles. The third-order valence-corrected chi connectivity index (χ3v) is 2.13. The van der Waals surface area contributed by atoms with Crippen LogP contribution in [0.3, 0.4) is 0 Å². The number of hydrogen-bond acceptors (Lipinski definition) is 0. The monoisotopic (exact) mass is 153 g/mol. The first kappa shape index (κ1) is 8.31. The van der Waals surface area contributed by atoms with Crippen LogP contribution in [0.25, 0.3) is 0 Å². The second kappa shape index (κ2) is 3.07. The zero-order valence-corrected chi connectivity index (χ0v) is 7.89. The summed E-state index contributed by atoms with van der Waals surface area (Å²) in [7, 11) is 2.11. The normalized spacial score (nSPS) is 10.5. The fraction of sp³-hybridized carbons (Fsp3) is 0.667. The van der Waals surface area contributed by atoms with Gasteiger partial charge in [-0.25, -0.2) is 0 Å². The molecule has 2 heteroatoms. The van der Waals surface area contributed by atoms with Gasteiger partial charge in [-0.1, -0.05) is 6.92 Å². The van der Waals surface area contributed by atoms with Gasteiger partial charge in [0.25, 0.3) is 0 Å². The fourth-order valence-electron chi connectivity index (χ4n) is 1.44. The number of hydrogen-bond donors (Lipinski definition) is 0. The molecule has 0 atom stereocenters. The average molecular weight is 153 g/mol. The van der Waals surface area contributed by atoms with Crippen molar-refractivity contribution in [1.29, 1.82) is 0 Å². The predicted octanol–water partition coefficient (Wildman–Crippen LogP) is 1.34. The Morgan fingerprint density at radius 2 is 2.09 bits per heavy atom. The molecule has 62 valence electrons. The van der Waals surface area contributed by atoms with E-state index < -0.39 is 0 Å². The molecule has 0 aliphatic carbocycles. The minimum atomic E-state index is 1.12. The van der Waals surface area contributed by atoms with Crippen LogP contribution in [0.1, 0.15) is 24.7 Å². The molecular formula is C9H17N2+. The summed E-state index contributed by atoms with van der Waals surface area (Å²) in [5.74, 6) is 0. The molecule has 1 rings (SSSR count). The van der Waals surface area contributed by atoms with Crippen LogP contribution in [0.5, 0.6) is 0 Å². The minimum absolute atomic E-state index is 1.12. The van der Waals surface area contributed by atoms with Crippen LogP contribution in [-0.2, 0) is 13.6 Å². The molecular weight excluding hydrogens is 136 g/mol. The topological polar surface area (TPSA) is 8.81 Å². The van der Waals surface area contributed by atoms with E-state index in [2.05, 4.69) is 43.2 Å². The first-order valence-corrected chi connectivity index (χ1v) is 4.20. The van der Waals surface area contributed by atoms with E-state index in [0.29, 0.717) is 0 Å². The summed E-state index contributed by atoms with van der Waals surface area (Å²) in [5.41, 5.74) is 2.68. The second-order valence-electron chi connectivity index (χ2n) is 3.07. The lowest BCUT2D eigenvalue weighted by Crippen LogP contribution is -2.41. The van der Waals surface area contributed by atoms with E-state index in [-0.39, 0.29) is 0 Å². The Balaban J connectivity index is 3.02. The summed E-state index contributed by atoms with van der Waals surface area (Å²) in [6, 6.07) is 2.22. The van der Waals surface area contributed by atoms with Crippen LogP contribution in [0.4, 0.5) is 0 Å². The molecule has 0 N–H and O–H groups in total. The van der Waals surface area contributed by atoms with Gasteiger partial charge in [0.2, 0.25) is 5.69 Å². The van der Waals surface area contributed by atoms with Gasteiger partial charge in [-0.15, -0.1) is 4.68 Å². The lowest BCUT2D eigenvalue weighted by molar-refractivity contribution is -0.759. The summed E-state index contributed by atoms with van der Waals surface area (Å²) >= 11 is 0. The first-order valence-electron chi connectivity index (χ1n) is 4.20. The van der Waals surface area contributed by atoms with Crippen LogP contribution < -0.4 is 4.68 Å². The fourth-order valence-corrected chi connectivity index (χ4v) is 1.44. The largest absolute Gasteiger partial charge is 0.204 e. The van der Waals surface area contributed by atoms with Crippen molar-refractivity contribution in [3.8, 4) is 0 Å². The first-order chi connectivity index (χ1) is 5.16. The zero-order chi connectivity index (χ0) is 8.43. The summed E-state index contributed by atoms with van der Waals surface area (Å²) in [6.07, 6.45) is 1.20. The third kappa shape index (κ3) is 1.44. The highest BCUT2D eigenvalue weighted by Gasteiger charge is 2.10. The molecule has 0 fully saturated rings. The smallest absolute Gasteiger partial charge is 0.158 e. The number of aromatic nitrogens is 2. The molecule has 0 saturated carbocycles. The van der Waals surface area contributed by atoms with Crippen molar-refractivity contribution in [3.05, 3.63) is 17.5 Å². The van der Waals surface area contributed by atoms with Crippen LogP contribution in [0.2, 0.25) is 0 Å². The van der Waals surface area contributed by atoms with Gasteiger partial charge in [-0.2, -0.15) is 4.68 Å². The maximum absolute atomic E-state index is 2.30. The zero-order valence-electron chi connectivity index (χ0n) is 7.89.